The maximum absolute atomic E-state index is 8.95. The quantitative estimate of drug-likeness (QED) is 0.581. The Morgan fingerprint density at radius 2 is 1.59 bits per heavy atom. The molecule has 0 bridgehead atoms. The fourth-order valence-corrected chi connectivity index (χ4v) is 2.92. The SMILES string of the molecule is Cc1ccc(Nc2nccc(Nc3c(C)cc(C=C(C#N)C#N)cc3C)n2)cc1. The molecule has 3 aromatic rings. The number of rotatable bonds is 5. The highest BCUT2D eigenvalue weighted by Crippen LogP contribution is 2.27. The van der Waals surface area contributed by atoms with Crippen molar-refractivity contribution in [2.24, 2.45) is 0 Å². The molecule has 1 aromatic heterocycles. The second kappa shape index (κ2) is 8.69. The summed E-state index contributed by atoms with van der Waals surface area (Å²) in [5.74, 6) is 1.17. The molecule has 0 amide bonds. The number of hydrogen-bond donors (Lipinski definition) is 2. The predicted molar refractivity (Wildman–Crippen MR) is 115 cm³/mol. The number of aryl methyl sites for hydroxylation is 3. The zero-order valence-electron chi connectivity index (χ0n) is 16.5. The lowest BCUT2D eigenvalue weighted by atomic mass is 10.0. The normalized spacial score (nSPS) is 9.83. The van der Waals surface area contributed by atoms with Crippen LogP contribution in [0.1, 0.15) is 22.3 Å². The Morgan fingerprint density at radius 1 is 0.931 bits per heavy atom. The van der Waals surface area contributed by atoms with Gasteiger partial charge in [-0.25, -0.2) is 4.98 Å². The van der Waals surface area contributed by atoms with E-state index < -0.39 is 0 Å². The van der Waals surface area contributed by atoms with Gasteiger partial charge in [0.25, 0.3) is 0 Å². The van der Waals surface area contributed by atoms with Crippen LogP contribution in [0.4, 0.5) is 23.1 Å². The molecule has 6 heteroatoms. The van der Waals surface area contributed by atoms with Gasteiger partial charge in [0.1, 0.15) is 23.5 Å². The van der Waals surface area contributed by atoms with Crippen molar-refractivity contribution in [3.05, 3.63) is 76.5 Å². The predicted octanol–water partition coefficient (Wildman–Crippen LogP) is 5.32. The van der Waals surface area contributed by atoms with E-state index in [0.717, 1.165) is 28.1 Å². The van der Waals surface area contributed by atoms with Crippen LogP contribution >= 0.6 is 0 Å². The van der Waals surface area contributed by atoms with Crippen LogP contribution in [0, 0.1) is 43.4 Å². The van der Waals surface area contributed by atoms with Gasteiger partial charge in [0.05, 0.1) is 0 Å². The summed E-state index contributed by atoms with van der Waals surface area (Å²) in [6, 6.07) is 17.4. The number of anilines is 4. The molecule has 1 heterocycles. The van der Waals surface area contributed by atoms with Crippen molar-refractivity contribution in [2.45, 2.75) is 20.8 Å². The van der Waals surface area contributed by atoms with Gasteiger partial charge in [-0.3, -0.25) is 0 Å². The molecule has 29 heavy (non-hydrogen) atoms. The molecule has 3 rings (SSSR count). The van der Waals surface area contributed by atoms with E-state index in [0.29, 0.717) is 11.8 Å². The third-order valence-corrected chi connectivity index (χ3v) is 4.32. The first-order chi connectivity index (χ1) is 14.0. The molecular formula is C23H20N6. The number of allylic oxidation sites excluding steroid dienone is 1. The van der Waals surface area contributed by atoms with Crippen molar-refractivity contribution < 1.29 is 0 Å². The largest absolute Gasteiger partial charge is 0.340 e. The zero-order valence-corrected chi connectivity index (χ0v) is 16.5. The summed E-state index contributed by atoms with van der Waals surface area (Å²) in [4.78, 5) is 8.81. The first kappa shape index (κ1) is 19.6. The molecule has 2 aromatic carbocycles. The molecule has 0 aliphatic heterocycles. The van der Waals surface area contributed by atoms with Gasteiger partial charge in [-0.2, -0.15) is 15.5 Å². The summed E-state index contributed by atoms with van der Waals surface area (Å²) >= 11 is 0. The Labute approximate surface area is 170 Å². The average Bonchev–Trinajstić information content (AvgIpc) is 2.71. The summed E-state index contributed by atoms with van der Waals surface area (Å²) in [6.45, 7) is 5.98. The van der Waals surface area contributed by atoms with Gasteiger partial charge in [-0.15, -0.1) is 0 Å². The minimum Gasteiger partial charge on any atom is -0.340 e. The van der Waals surface area contributed by atoms with Crippen molar-refractivity contribution >= 4 is 29.2 Å². The Balaban J connectivity index is 1.83. The lowest BCUT2D eigenvalue weighted by Gasteiger charge is -2.14. The second-order valence-corrected chi connectivity index (χ2v) is 6.69. The Bertz CT molecular complexity index is 1110. The molecule has 0 unspecified atom stereocenters. The lowest BCUT2D eigenvalue weighted by Crippen LogP contribution is -2.02. The molecule has 0 fully saturated rings. The maximum Gasteiger partial charge on any atom is 0.229 e. The summed E-state index contributed by atoms with van der Waals surface area (Å²) < 4.78 is 0. The third kappa shape index (κ3) is 4.97. The van der Waals surface area contributed by atoms with E-state index in [2.05, 4.69) is 20.6 Å². The highest BCUT2D eigenvalue weighted by molar-refractivity contribution is 5.71. The van der Waals surface area contributed by atoms with Gasteiger partial charge in [0.2, 0.25) is 5.95 Å². The van der Waals surface area contributed by atoms with Crippen LogP contribution < -0.4 is 10.6 Å². The number of nitrogens with zero attached hydrogens (tertiary/aromatic N) is 4. The van der Waals surface area contributed by atoms with Gasteiger partial charge < -0.3 is 10.6 Å². The van der Waals surface area contributed by atoms with Gasteiger partial charge in [0.15, 0.2) is 0 Å². The highest BCUT2D eigenvalue weighted by atomic mass is 15.1. The number of nitrogens with one attached hydrogen (secondary N) is 2. The molecule has 6 nitrogen and oxygen atoms in total. The molecule has 0 aliphatic rings. The maximum atomic E-state index is 8.95. The van der Waals surface area contributed by atoms with E-state index >= 15 is 0 Å². The Hall–Kier alpha value is -4.16. The molecular weight excluding hydrogens is 360 g/mol. The second-order valence-electron chi connectivity index (χ2n) is 6.69. The highest BCUT2D eigenvalue weighted by Gasteiger charge is 2.08. The fraction of sp³-hybridized carbons (Fsp3) is 0.130. The van der Waals surface area contributed by atoms with Crippen LogP contribution in [-0.2, 0) is 0 Å². The smallest absolute Gasteiger partial charge is 0.229 e. The molecule has 0 spiro atoms. The van der Waals surface area contributed by atoms with Crippen LogP contribution in [0.25, 0.3) is 6.08 Å². The molecule has 0 radical (unpaired) electrons. The van der Waals surface area contributed by atoms with E-state index in [9.17, 15) is 0 Å². The Kier molecular flexibility index (Phi) is 5.87. The molecule has 0 aliphatic carbocycles. The first-order valence-electron chi connectivity index (χ1n) is 9.05. The van der Waals surface area contributed by atoms with E-state index in [-0.39, 0.29) is 5.57 Å². The molecule has 0 atom stereocenters. The van der Waals surface area contributed by atoms with E-state index in [1.165, 1.54) is 5.56 Å². The van der Waals surface area contributed by atoms with Gasteiger partial charge in [0, 0.05) is 17.6 Å². The van der Waals surface area contributed by atoms with Gasteiger partial charge in [-0.05, 0) is 73.9 Å². The van der Waals surface area contributed by atoms with Crippen LogP contribution in [-0.4, -0.2) is 9.97 Å². The molecule has 142 valence electrons. The monoisotopic (exact) mass is 380 g/mol. The molecule has 2 N–H and O–H groups in total. The van der Waals surface area contributed by atoms with E-state index in [1.807, 2.05) is 69.3 Å². The summed E-state index contributed by atoms with van der Waals surface area (Å²) in [6.07, 6.45) is 3.28. The van der Waals surface area contributed by atoms with Crippen molar-refractivity contribution in [1.29, 1.82) is 10.5 Å². The average molecular weight is 380 g/mol. The van der Waals surface area contributed by atoms with Crippen LogP contribution in [0.3, 0.4) is 0 Å². The van der Waals surface area contributed by atoms with Crippen molar-refractivity contribution in [3.8, 4) is 12.1 Å². The molecule has 0 saturated carbocycles. The first-order valence-corrected chi connectivity index (χ1v) is 9.05. The van der Waals surface area contributed by atoms with Crippen LogP contribution in [0.2, 0.25) is 0 Å². The van der Waals surface area contributed by atoms with Crippen LogP contribution in [0.15, 0.2) is 54.2 Å². The Morgan fingerprint density at radius 3 is 2.21 bits per heavy atom. The number of benzene rings is 2. The minimum absolute atomic E-state index is 0.0760. The summed E-state index contributed by atoms with van der Waals surface area (Å²) in [7, 11) is 0. The van der Waals surface area contributed by atoms with Crippen molar-refractivity contribution in [2.75, 3.05) is 10.6 Å². The topological polar surface area (TPSA) is 97.4 Å². The summed E-state index contributed by atoms with van der Waals surface area (Å²) in [5, 5.41) is 24.4. The number of hydrogen-bond acceptors (Lipinski definition) is 6. The van der Waals surface area contributed by atoms with E-state index in [4.69, 9.17) is 10.5 Å². The number of nitriles is 2. The van der Waals surface area contributed by atoms with Crippen LogP contribution in [0.5, 0.6) is 0 Å². The standard InChI is InChI=1S/C23H20N6/c1-15-4-6-20(7-5-15)27-23-26-9-8-21(29-23)28-22-16(2)10-18(11-17(22)3)12-19(13-24)14-25/h4-12H,1-3H3,(H2,26,27,28,29). The number of aromatic nitrogens is 2. The lowest BCUT2D eigenvalue weighted by molar-refractivity contribution is 1.16. The fourth-order valence-electron chi connectivity index (χ4n) is 2.92. The molecule has 0 saturated heterocycles. The third-order valence-electron chi connectivity index (χ3n) is 4.32. The zero-order chi connectivity index (χ0) is 20.8. The van der Waals surface area contributed by atoms with E-state index in [1.54, 1.807) is 18.3 Å². The van der Waals surface area contributed by atoms with Gasteiger partial charge >= 0.3 is 0 Å². The van der Waals surface area contributed by atoms with Crippen molar-refractivity contribution in [3.63, 3.8) is 0 Å². The summed E-state index contributed by atoms with van der Waals surface area (Å²) in [5.41, 5.74) is 5.89. The minimum atomic E-state index is 0.0760. The van der Waals surface area contributed by atoms with Crippen molar-refractivity contribution in [1.82, 2.24) is 9.97 Å². The van der Waals surface area contributed by atoms with Gasteiger partial charge in [-0.1, -0.05) is 17.7 Å².